The SMILES string of the molecule is CNC(=O)[C@@H](C)N(c1cccc(Cl)c1)S(C)(=O)=O. The number of halogens is 1. The number of nitrogens with one attached hydrogen (secondary N) is 1. The van der Waals surface area contributed by atoms with E-state index in [1.165, 1.54) is 20.0 Å². The van der Waals surface area contributed by atoms with Crippen LogP contribution < -0.4 is 9.62 Å². The van der Waals surface area contributed by atoms with E-state index in [-0.39, 0.29) is 5.91 Å². The van der Waals surface area contributed by atoms with E-state index in [0.717, 1.165) is 10.6 Å². The molecule has 1 atom stereocenters. The van der Waals surface area contributed by atoms with E-state index in [4.69, 9.17) is 11.6 Å². The number of benzene rings is 1. The van der Waals surface area contributed by atoms with Crippen molar-refractivity contribution in [1.82, 2.24) is 5.32 Å². The second kappa shape index (κ2) is 5.58. The van der Waals surface area contributed by atoms with Crippen LogP contribution in [-0.2, 0) is 14.8 Å². The molecular formula is C11H15ClN2O3S. The van der Waals surface area contributed by atoms with Gasteiger partial charge in [0, 0.05) is 12.1 Å². The van der Waals surface area contributed by atoms with E-state index in [1.54, 1.807) is 18.2 Å². The van der Waals surface area contributed by atoms with Crippen LogP contribution in [0.15, 0.2) is 24.3 Å². The molecule has 0 fully saturated rings. The van der Waals surface area contributed by atoms with E-state index in [9.17, 15) is 13.2 Å². The molecule has 1 amide bonds. The van der Waals surface area contributed by atoms with E-state index < -0.39 is 16.1 Å². The number of rotatable bonds is 4. The van der Waals surface area contributed by atoms with Crippen molar-refractivity contribution in [2.45, 2.75) is 13.0 Å². The molecule has 100 valence electrons. The zero-order valence-corrected chi connectivity index (χ0v) is 11.9. The summed E-state index contributed by atoms with van der Waals surface area (Å²) in [5.41, 5.74) is 0.362. The number of sulfonamides is 1. The highest BCUT2D eigenvalue weighted by atomic mass is 35.5. The van der Waals surface area contributed by atoms with Gasteiger partial charge >= 0.3 is 0 Å². The van der Waals surface area contributed by atoms with Gasteiger partial charge in [-0.3, -0.25) is 9.10 Å². The third-order valence-electron chi connectivity index (χ3n) is 2.40. The Hall–Kier alpha value is -1.27. The van der Waals surface area contributed by atoms with Gasteiger partial charge in [0.25, 0.3) is 0 Å². The zero-order valence-electron chi connectivity index (χ0n) is 10.3. The molecule has 0 aliphatic carbocycles. The lowest BCUT2D eigenvalue weighted by Crippen LogP contribution is -2.46. The summed E-state index contributed by atoms with van der Waals surface area (Å²) in [6.07, 6.45) is 1.05. The van der Waals surface area contributed by atoms with Crippen molar-refractivity contribution in [3.05, 3.63) is 29.3 Å². The summed E-state index contributed by atoms with van der Waals surface area (Å²) in [6, 6.07) is 5.51. The van der Waals surface area contributed by atoms with Crippen LogP contribution >= 0.6 is 11.6 Å². The summed E-state index contributed by atoms with van der Waals surface area (Å²) in [7, 11) is -2.12. The van der Waals surface area contributed by atoms with Crippen molar-refractivity contribution in [2.24, 2.45) is 0 Å². The number of hydrogen-bond acceptors (Lipinski definition) is 3. The molecule has 1 rings (SSSR count). The van der Waals surface area contributed by atoms with E-state index >= 15 is 0 Å². The second-order valence-corrected chi connectivity index (χ2v) is 6.12. The lowest BCUT2D eigenvalue weighted by molar-refractivity contribution is -0.121. The number of nitrogens with zero attached hydrogens (tertiary/aromatic N) is 1. The van der Waals surface area contributed by atoms with E-state index in [2.05, 4.69) is 5.32 Å². The molecule has 1 N–H and O–H groups in total. The van der Waals surface area contributed by atoms with Crippen LogP contribution in [0.2, 0.25) is 5.02 Å². The van der Waals surface area contributed by atoms with Gasteiger partial charge in [0.2, 0.25) is 15.9 Å². The number of carbonyl (C=O) groups excluding carboxylic acids is 1. The number of anilines is 1. The highest BCUT2D eigenvalue weighted by Gasteiger charge is 2.28. The first-order valence-electron chi connectivity index (χ1n) is 5.24. The zero-order chi connectivity index (χ0) is 13.9. The summed E-state index contributed by atoms with van der Waals surface area (Å²) in [5, 5.41) is 2.83. The molecule has 7 heteroatoms. The number of likely N-dealkylation sites (N-methyl/N-ethyl adjacent to an activating group) is 1. The van der Waals surface area contributed by atoms with Crippen molar-refractivity contribution < 1.29 is 13.2 Å². The Labute approximate surface area is 112 Å². The molecule has 0 radical (unpaired) electrons. The molecule has 1 aromatic rings. The van der Waals surface area contributed by atoms with Crippen molar-refractivity contribution in [3.8, 4) is 0 Å². The van der Waals surface area contributed by atoms with Crippen LogP contribution in [0.5, 0.6) is 0 Å². The van der Waals surface area contributed by atoms with Gasteiger partial charge in [-0.15, -0.1) is 0 Å². The van der Waals surface area contributed by atoms with Gasteiger partial charge in [-0.05, 0) is 25.1 Å². The minimum absolute atomic E-state index is 0.362. The van der Waals surface area contributed by atoms with Gasteiger partial charge in [0.05, 0.1) is 11.9 Å². The van der Waals surface area contributed by atoms with Crippen molar-refractivity contribution in [1.29, 1.82) is 0 Å². The maximum Gasteiger partial charge on any atom is 0.243 e. The number of hydrogen-bond donors (Lipinski definition) is 1. The lowest BCUT2D eigenvalue weighted by Gasteiger charge is -2.27. The molecule has 0 aromatic heterocycles. The fourth-order valence-electron chi connectivity index (χ4n) is 1.63. The summed E-state index contributed by atoms with van der Waals surface area (Å²) in [5.74, 6) is -0.389. The lowest BCUT2D eigenvalue weighted by atomic mass is 10.2. The largest absolute Gasteiger partial charge is 0.357 e. The van der Waals surface area contributed by atoms with Gasteiger partial charge in [-0.25, -0.2) is 8.42 Å². The minimum atomic E-state index is -3.58. The van der Waals surface area contributed by atoms with Crippen LogP contribution in [0, 0.1) is 0 Å². The Morgan fingerprint density at radius 3 is 2.50 bits per heavy atom. The topological polar surface area (TPSA) is 66.5 Å². The third-order valence-corrected chi connectivity index (χ3v) is 3.87. The normalized spacial score (nSPS) is 12.9. The minimum Gasteiger partial charge on any atom is -0.357 e. The molecule has 0 spiro atoms. The average Bonchev–Trinajstić information content (AvgIpc) is 2.26. The first-order chi connectivity index (χ1) is 8.27. The molecule has 0 aliphatic rings. The Bertz CT molecular complexity index is 545. The molecule has 18 heavy (non-hydrogen) atoms. The monoisotopic (exact) mass is 290 g/mol. The van der Waals surface area contributed by atoms with Gasteiger partial charge in [-0.2, -0.15) is 0 Å². The molecule has 0 saturated heterocycles. The van der Waals surface area contributed by atoms with Gasteiger partial charge in [0.1, 0.15) is 6.04 Å². The Morgan fingerprint density at radius 1 is 1.44 bits per heavy atom. The van der Waals surface area contributed by atoms with Crippen molar-refractivity contribution in [2.75, 3.05) is 17.6 Å². The molecular weight excluding hydrogens is 276 g/mol. The molecule has 1 aromatic carbocycles. The van der Waals surface area contributed by atoms with Gasteiger partial charge in [0.15, 0.2) is 0 Å². The molecule has 0 aliphatic heterocycles. The number of amides is 1. The molecule has 0 unspecified atom stereocenters. The summed E-state index contributed by atoms with van der Waals surface area (Å²) < 4.78 is 24.7. The molecule has 5 nitrogen and oxygen atoms in total. The molecule has 0 heterocycles. The summed E-state index contributed by atoms with van der Waals surface area (Å²) in [6.45, 7) is 1.51. The first kappa shape index (κ1) is 14.8. The Morgan fingerprint density at radius 2 is 2.06 bits per heavy atom. The predicted octanol–water partition coefficient (Wildman–Crippen LogP) is 1.24. The maximum atomic E-state index is 11.8. The fourth-order valence-corrected chi connectivity index (χ4v) is 2.98. The highest BCUT2D eigenvalue weighted by molar-refractivity contribution is 7.92. The van der Waals surface area contributed by atoms with Crippen LogP contribution in [-0.4, -0.2) is 33.7 Å². The summed E-state index contributed by atoms with van der Waals surface area (Å²) >= 11 is 5.84. The quantitative estimate of drug-likeness (QED) is 0.907. The van der Waals surface area contributed by atoms with Gasteiger partial charge < -0.3 is 5.32 Å². The van der Waals surface area contributed by atoms with Crippen molar-refractivity contribution >= 4 is 33.2 Å². The van der Waals surface area contributed by atoms with E-state index in [1.807, 2.05) is 0 Å². The average molecular weight is 291 g/mol. The molecule has 0 saturated carbocycles. The first-order valence-corrected chi connectivity index (χ1v) is 7.46. The molecule has 0 bridgehead atoms. The number of carbonyl (C=O) groups is 1. The smallest absolute Gasteiger partial charge is 0.243 e. The van der Waals surface area contributed by atoms with Crippen LogP contribution in [0.4, 0.5) is 5.69 Å². The standard InChI is InChI=1S/C11H15ClN2O3S/c1-8(11(15)13-2)14(18(3,16)17)10-6-4-5-9(12)7-10/h4-8H,1-3H3,(H,13,15)/t8-/m1/s1. The summed E-state index contributed by atoms with van der Waals surface area (Å²) in [4.78, 5) is 11.6. The van der Waals surface area contributed by atoms with E-state index in [0.29, 0.717) is 10.7 Å². The second-order valence-electron chi connectivity index (χ2n) is 3.83. The van der Waals surface area contributed by atoms with Crippen LogP contribution in [0.1, 0.15) is 6.92 Å². The third kappa shape index (κ3) is 3.36. The maximum absolute atomic E-state index is 11.8. The highest BCUT2D eigenvalue weighted by Crippen LogP contribution is 2.23. The predicted molar refractivity (Wildman–Crippen MR) is 72.3 cm³/mol. The van der Waals surface area contributed by atoms with Crippen LogP contribution in [0.25, 0.3) is 0 Å². The fraction of sp³-hybridized carbons (Fsp3) is 0.364. The Kier molecular flexibility index (Phi) is 4.59. The van der Waals surface area contributed by atoms with Crippen molar-refractivity contribution in [3.63, 3.8) is 0 Å². The van der Waals surface area contributed by atoms with Crippen LogP contribution in [0.3, 0.4) is 0 Å². The van der Waals surface area contributed by atoms with Gasteiger partial charge in [-0.1, -0.05) is 17.7 Å². The Balaban J connectivity index is 3.27.